The molecule has 0 aliphatic heterocycles. The number of hydrogen-bond donors (Lipinski definition) is 1. The highest BCUT2D eigenvalue weighted by atomic mass is 35.5. The molecule has 0 aliphatic carbocycles. The Morgan fingerprint density at radius 2 is 2.00 bits per heavy atom. The van der Waals surface area contributed by atoms with Crippen molar-refractivity contribution in [3.05, 3.63) is 28.8 Å². The molecule has 0 radical (unpaired) electrons. The summed E-state index contributed by atoms with van der Waals surface area (Å²) in [5, 5.41) is 3.45. The van der Waals surface area contributed by atoms with Gasteiger partial charge < -0.3 is 10.2 Å². The van der Waals surface area contributed by atoms with E-state index in [1.54, 1.807) is 32.2 Å². The zero-order chi connectivity index (χ0) is 13.8. The van der Waals surface area contributed by atoms with Gasteiger partial charge in [-0.1, -0.05) is 11.6 Å². The Bertz CT molecular complexity index is 393. The second-order valence-corrected chi connectivity index (χ2v) is 4.37. The standard InChI is InChI=1S/C12H16ClF3N2/c1-3-18(8-12(14,15)16)11-5-4-10(13)6-9(11)7-17-2/h4-6,17H,3,7-8H2,1-2H3. The third-order valence-electron chi connectivity index (χ3n) is 2.50. The topological polar surface area (TPSA) is 15.3 Å². The average molecular weight is 281 g/mol. The summed E-state index contributed by atoms with van der Waals surface area (Å²) in [6.45, 7) is 1.51. The molecule has 0 saturated heterocycles. The van der Waals surface area contributed by atoms with Gasteiger partial charge in [0.05, 0.1) is 0 Å². The molecular weight excluding hydrogens is 265 g/mol. The summed E-state index contributed by atoms with van der Waals surface area (Å²) in [4.78, 5) is 1.29. The minimum absolute atomic E-state index is 0.290. The lowest BCUT2D eigenvalue weighted by Crippen LogP contribution is -2.35. The number of benzene rings is 1. The highest BCUT2D eigenvalue weighted by Gasteiger charge is 2.30. The van der Waals surface area contributed by atoms with Gasteiger partial charge in [0.25, 0.3) is 0 Å². The fraction of sp³-hybridized carbons (Fsp3) is 0.500. The number of anilines is 1. The lowest BCUT2D eigenvalue weighted by atomic mass is 10.1. The number of halogens is 4. The Balaban J connectivity index is 3.04. The summed E-state index contributed by atoms with van der Waals surface area (Å²) >= 11 is 5.87. The van der Waals surface area contributed by atoms with Crippen LogP contribution in [0.4, 0.5) is 18.9 Å². The van der Waals surface area contributed by atoms with Crippen molar-refractivity contribution < 1.29 is 13.2 Å². The normalized spacial score (nSPS) is 11.7. The number of hydrogen-bond acceptors (Lipinski definition) is 2. The summed E-state index contributed by atoms with van der Waals surface area (Å²) in [5.41, 5.74) is 1.32. The van der Waals surface area contributed by atoms with E-state index < -0.39 is 12.7 Å². The molecule has 0 aliphatic rings. The van der Waals surface area contributed by atoms with Gasteiger partial charge in [-0.2, -0.15) is 13.2 Å². The molecule has 0 atom stereocenters. The molecule has 18 heavy (non-hydrogen) atoms. The summed E-state index contributed by atoms with van der Waals surface area (Å²) in [6, 6.07) is 4.92. The van der Waals surface area contributed by atoms with Crippen molar-refractivity contribution in [1.29, 1.82) is 0 Å². The van der Waals surface area contributed by atoms with Gasteiger partial charge in [-0.3, -0.25) is 0 Å². The van der Waals surface area contributed by atoms with Gasteiger partial charge in [0.1, 0.15) is 6.54 Å². The maximum Gasteiger partial charge on any atom is 0.405 e. The van der Waals surface area contributed by atoms with E-state index >= 15 is 0 Å². The molecular formula is C12H16ClF3N2. The van der Waals surface area contributed by atoms with Gasteiger partial charge in [-0.25, -0.2) is 0 Å². The molecule has 0 saturated carbocycles. The highest BCUT2D eigenvalue weighted by molar-refractivity contribution is 6.30. The van der Waals surface area contributed by atoms with Crippen LogP contribution in [0.25, 0.3) is 0 Å². The van der Waals surface area contributed by atoms with Gasteiger partial charge in [0.2, 0.25) is 0 Å². The van der Waals surface area contributed by atoms with Crippen molar-refractivity contribution in [2.45, 2.75) is 19.6 Å². The van der Waals surface area contributed by atoms with Crippen LogP contribution in [0.3, 0.4) is 0 Å². The van der Waals surface area contributed by atoms with Crippen molar-refractivity contribution in [1.82, 2.24) is 5.32 Å². The van der Waals surface area contributed by atoms with E-state index in [0.717, 1.165) is 5.56 Å². The van der Waals surface area contributed by atoms with Crippen LogP contribution in [-0.4, -0.2) is 26.3 Å². The summed E-state index contributed by atoms with van der Waals surface area (Å²) in [7, 11) is 1.74. The molecule has 0 bridgehead atoms. The van der Waals surface area contributed by atoms with Crippen LogP contribution in [0.1, 0.15) is 12.5 Å². The molecule has 1 aromatic carbocycles. The van der Waals surface area contributed by atoms with Gasteiger partial charge in [0.15, 0.2) is 0 Å². The molecule has 0 aromatic heterocycles. The minimum Gasteiger partial charge on any atom is -0.363 e. The van der Waals surface area contributed by atoms with Gasteiger partial charge in [-0.05, 0) is 37.7 Å². The Morgan fingerprint density at radius 1 is 1.33 bits per heavy atom. The van der Waals surface area contributed by atoms with Crippen molar-refractivity contribution in [3.63, 3.8) is 0 Å². The van der Waals surface area contributed by atoms with E-state index in [9.17, 15) is 13.2 Å². The SMILES string of the molecule is CCN(CC(F)(F)F)c1ccc(Cl)cc1CNC. The molecule has 0 amide bonds. The zero-order valence-electron chi connectivity index (χ0n) is 10.3. The van der Waals surface area contributed by atoms with E-state index in [1.165, 1.54) is 4.90 Å². The maximum atomic E-state index is 12.5. The first kappa shape index (κ1) is 15.1. The number of nitrogens with zero attached hydrogens (tertiary/aromatic N) is 1. The smallest absolute Gasteiger partial charge is 0.363 e. The molecule has 0 spiro atoms. The van der Waals surface area contributed by atoms with Crippen LogP contribution in [0.5, 0.6) is 0 Å². The van der Waals surface area contributed by atoms with E-state index in [4.69, 9.17) is 11.6 Å². The molecule has 0 heterocycles. The summed E-state index contributed by atoms with van der Waals surface area (Å²) in [6.07, 6.45) is -4.22. The Kier molecular flexibility index (Phi) is 5.28. The van der Waals surface area contributed by atoms with Crippen molar-refractivity contribution in [2.24, 2.45) is 0 Å². The molecule has 1 rings (SSSR count). The fourth-order valence-corrected chi connectivity index (χ4v) is 1.97. The molecule has 6 heteroatoms. The van der Waals surface area contributed by atoms with E-state index in [1.807, 2.05) is 0 Å². The van der Waals surface area contributed by atoms with Crippen LogP contribution >= 0.6 is 11.6 Å². The van der Waals surface area contributed by atoms with Gasteiger partial charge in [0, 0.05) is 23.8 Å². The average Bonchev–Trinajstić information content (AvgIpc) is 2.26. The van der Waals surface area contributed by atoms with E-state index in [-0.39, 0.29) is 6.54 Å². The molecule has 0 fully saturated rings. The monoisotopic (exact) mass is 280 g/mol. The predicted molar refractivity (Wildman–Crippen MR) is 68.2 cm³/mol. The Morgan fingerprint density at radius 3 is 2.50 bits per heavy atom. The third-order valence-corrected chi connectivity index (χ3v) is 2.74. The largest absolute Gasteiger partial charge is 0.405 e. The van der Waals surface area contributed by atoms with Crippen molar-refractivity contribution in [2.75, 3.05) is 25.0 Å². The second kappa shape index (κ2) is 6.29. The van der Waals surface area contributed by atoms with Crippen molar-refractivity contribution >= 4 is 17.3 Å². The first-order chi connectivity index (χ1) is 8.37. The van der Waals surface area contributed by atoms with E-state index in [2.05, 4.69) is 5.32 Å². The highest BCUT2D eigenvalue weighted by Crippen LogP contribution is 2.27. The number of alkyl halides is 3. The maximum absolute atomic E-state index is 12.5. The van der Waals surface area contributed by atoms with E-state index in [0.29, 0.717) is 17.3 Å². The van der Waals surface area contributed by atoms with Crippen LogP contribution in [0, 0.1) is 0 Å². The van der Waals surface area contributed by atoms with Crippen molar-refractivity contribution in [3.8, 4) is 0 Å². The number of rotatable bonds is 5. The molecule has 102 valence electrons. The number of nitrogens with one attached hydrogen (secondary N) is 1. The summed E-state index contributed by atoms with van der Waals surface area (Å²) < 4.78 is 37.5. The first-order valence-corrected chi connectivity index (χ1v) is 6.00. The van der Waals surface area contributed by atoms with Crippen LogP contribution in [-0.2, 0) is 6.54 Å². The minimum atomic E-state index is -4.22. The lowest BCUT2D eigenvalue weighted by molar-refractivity contribution is -0.119. The Hall–Kier alpha value is -0.940. The van der Waals surface area contributed by atoms with Gasteiger partial charge >= 0.3 is 6.18 Å². The first-order valence-electron chi connectivity index (χ1n) is 5.62. The fourth-order valence-electron chi connectivity index (χ4n) is 1.78. The van der Waals surface area contributed by atoms with Crippen LogP contribution in [0.15, 0.2) is 18.2 Å². The lowest BCUT2D eigenvalue weighted by Gasteiger charge is -2.27. The summed E-state index contributed by atoms with van der Waals surface area (Å²) in [5.74, 6) is 0. The second-order valence-electron chi connectivity index (χ2n) is 3.93. The van der Waals surface area contributed by atoms with Crippen LogP contribution in [0.2, 0.25) is 5.02 Å². The predicted octanol–water partition coefficient (Wildman–Crippen LogP) is 3.45. The molecule has 0 unspecified atom stereocenters. The molecule has 2 nitrogen and oxygen atoms in total. The molecule has 1 N–H and O–H groups in total. The quantitative estimate of drug-likeness (QED) is 0.889. The van der Waals surface area contributed by atoms with Crippen LogP contribution < -0.4 is 10.2 Å². The Labute approximate surface area is 110 Å². The third kappa shape index (κ3) is 4.38. The molecule has 1 aromatic rings. The van der Waals surface area contributed by atoms with Gasteiger partial charge in [-0.15, -0.1) is 0 Å². The zero-order valence-corrected chi connectivity index (χ0v) is 11.1.